The first-order valence-electron chi connectivity index (χ1n) is 15.6. The van der Waals surface area contributed by atoms with E-state index in [-0.39, 0.29) is 16.6 Å². The maximum Gasteiger partial charge on any atom is 0.264 e. The lowest BCUT2D eigenvalue weighted by molar-refractivity contribution is -0.437. The van der Waals surface area contributed by atoms with Gasteiger partial charge in [-0.2, -0.15) is 13.0 Å². The minimum Gasteiger partial charge on any atom is -0.344 e. The van der Waals surface area contributed by atoms with Gasteiger partial charge in [-0.3, -0.25) is 4.55 Å². The van der Waals surface area contributed by atoms with Gasteiger partial charge in [-0.1, -0.05) is 67.7 Å². The van der Waals surface area contributed by atoms with Crippen molar-refractivity contribution < 1.29 is 17.5 Å². The fraction of sp³-hybridized carbons (Fsp3) is 0.417. The van der Waals surface area contributed by atoms with Gasteiger partial charge < -0.3 is 4.90 Å². The number of fused-ring (bicyclic) bond motifs is 2. The molecule has 5 nitrogen and oxygen atoms in total. The summed E-state index contributed by atoms with van der Waals surface area (Å²) in [5.41, 5.74) is 8.43. The van der Waals surface area contributed by atoms with Crippen LogP contribution in [0, 0.1) is 0 Å². The van der Waals surface area contributed by atoms with Crippen LogP contribution in [0.1, 0.15) is 77.8 Å². The minimum absolute atomic E-state index is 0.193. The third kappa shape index (κ3) is 6.87. The van der Waals surface area contributed by atoms with Crippen molar-refractivity contribution in [3.8, 4) is 0 Å². The van der Waals surface area contributed by atoms with Crippen LogP contribution in [0.4, 0.5) is 11.4 Å². The van der Waals surface area contributed by atoms with E-state index in [0.717, 1.165) is 70.4 Å². The topological polar surface area (TPSA) is 60.6 Å². The number of hydrogen-bond donors (Lipinski definition) is 1. The van der Waals surface area contributed by atoms with Crippen LogP contribution in [0.5, 0.6) is 0 Å². The molecule has 3 aliphatic rings. The van der Waals surface area contributed by atoms with Crippen LogP contribution in [0.3, 0.4) is 0 Å². The quantitative estimate of drug-likeness (QED) is 0.211. The highest BCUT2D eigenvalue weighted by Crippen LogP contribution is 2.49. The fourth-order valence-corrected chi connectivity index (χ4v) is 8.13. The van der Waals surface area contributed by atoms with E-state index in [1.54, 1.807) is 0 Å². The Morgan fingerprint density at radius 3 is 2.31 bits per heavy atom. The van der Waals surface area contributed by atoms with Crippen LogP contribution < -0.4 is 4.90 Å². The Morgan fingerprint density at radius 1 is 0.933 bits per heavy atom. The summed E-state index contributed by atoms with van der Waals surface area (Å²) in [6.07, 6.45) is 12.7. The molecule has 0 atom stereocenters. The van der Waals surface area contributed by atoms with Crippen LogP contribution in [0.15, 0.2) is 82.6 Å². The van der Waals surface area contributed by atoms with Crippen molar-refractivity contribution >= 4 is 62.0 Å². The second-order valence-corrected chi connectivity index (χ2v) is 16.0. The Morgan fingerprint density at radius 2 is 1.62 bits per heavy atom. The molecule has 2 aromatic rings. The lowest BCUT2D eigenvalue weighted by Crippen LogP contribution is -2.28. The Kier molecular flexibility index (Phi) is 9.85. The van der Waals surface area contributed by atoms with Crippen molar-refractivity contribution in [1.82, 2.24) is 0 Å². The molecular formula is C36H42Cl3N2O3S+. The van der Waals surface area contributed by atoms with Crippen LogP contribution in [0.2, 0.25) is 10.0 Å². The van der Waals surface area contributed by atoms with Crippen molar-refractivity contribution in [3.05, 3.63) is 104 Å². The Hall–Kier alpha value is -2.35. The summed E-state index contributed by atoms with van der Waals surface area (Å²) in [6.45, 7) is 12.4. The van der Waals surface area contributed by atoms with Gasteiger partial charge in [0.2, 0.25) is 5.69 Å². The number of hydrogen-bond acceptors (Lipinski definition) is 3. The first-order chi connectivity index (χ1) is 21.1. The summed E-state index contributed by atoms with van der Waals surface area (Å²) in [5.74, 6) is -0.297. The van der Waals surface area contributed by atoms with Gasteiger partial charge in [0.05, 0.1) is 11.2 Å². The zero-order valence-electron chi connectivity index (χ0n) is 26.6. The van der Waals surface area contributed by atoms with Gasteiger partial charge in [0.25, 0.3) is 10.1 Å². The predicted molar refractivity (Wildman–Crippen MR) is 189 cm³/mol. The summed E-state index contributed by atoms with van der Waals surface area (Å²) in [4.78, 5) is 2.14. The van der Waals surface area contributed by atoms with Gasteiger partial charge in [-0.15, -0.1) is 0 Å². The molecule has 0 aromatic heterocycles. The Balaban J connectivity index is 1.49. The molecule has 2 aromatic carbocycles. The van der Waals surface area contributed by atoms with Crippen molar-refractivity contribution in [1.29, 1.82) is 0 Å². The first kappa shape index (κ1) is 34.0. The molecule has 1 aliphatic carbocycles. The number of benzene rings is 2. The molecule has 2 aliphatic heterocycles. The molecule has 2 heterocycles. The summed E-state index contributed by atoms with van der Waals surface area (Å²) >= 11 is 19.9. The molecule has 0 bridgehead atoms. The van der Waals surface area contributed by atoms with Gasteiger partial charge in [0.15, 0.2) is 5.71 Å². The van der Waals surface area contributed by atoms with Gasteiger partial charge in [0.1, 0.15) is 6.54 Å². The zero-order valence-corrected chi connectivity index (χ0v) is 29.7. The zero-order chi connectivity index (χ0) is 32.7. The largest absolute Gasteiger partial charge is 0.344 e. The third-order valence-electron chi connectivity index (χ3n) is 9.28. The number of halogens is 3. The minimum atomic E-state index is -4.05. The second kappa shape index (κ2) is 13.0. The Labute approximate surface area is 283 Å². The maximum atomic E-state index is 11.5. The molecule has 0 saturated heterocycles. The molecule has 0 saturated carbocycles. The van der Waals surface area contributed by atoms with E-state index in [0.29, 0.717) is 18.0 Å². The summed E-state index contributed by atoms with van der Waals surface area (Å²) in [6, 6.07) is 12.0. The van der Waals surface area contributed by atoms with Crippen molar-refractivity contribution in [3.63, 3.8) is 0 Å². The molecule has 5 rings (SSSR count). The van der Waals surface area contributed by atoms with Crippen molar-refractivity contribution in [2.75, 3.05) is 23.7 Å². The molecule has 0 spiro atoms. The van der Waals surface area contributed by atoms with E-state index in [1.165, 1.54) is 17.0 Å². The molecule has 9 heteroatoms. The number of rotatable bonds is 9. The van der Waals surface area contributed by atoms with Crippen molar-refractivity contribution in [2.24, 2.45) is 0 Å². The predicted octanol–water partition coefficient (Wildman–Crippen LogP) is 9.90. The van der Waals surface area contributed by atoms with Gasteiger partial charge in [-0.05, 0) is 92.6 Å². The van der Waals surface area contributed by atoms with E-state index < -0.39 is 10.1 Å². The molecule has 0 unspecified atom stereocenters. The van der Waals surface area contributed by atoms with E-state index in [1.807, 2.05) is 24.3 Å². The van der Waals surface area contributed by atoms with Gasteiger partial charge >= 0.3 is 0 Å². The lowest BCUT2D eigenvalue weighted by Gasteiger charge is -2.27. The fourth-order valence-electron chi connectivity index (χ4n) is 6.97. The van der Waals surface area contributed by atoms with E-state index in [2.05, 4.69) is 80.5 Å². The second-order valence-electron chi connectivity index (χ2n) is 13.2. The highest BCUT2D eigenvalue weighted by molar-refractivity contribution is 7.85. The third-order valence-corrected chi connectivity index (χ3v) is 11.0. The van der Waals surface area contributed by atoms with Crippen LogP contribution in [-0.4, -0.2) is 42.1 Å². The molecular weight excluding hydrogens is 647 g/mol. The number of allylic oxidation sites excluding steroid dienone is 8. The summed E-state index contributed by atoms with van der Waals surface area (Å²) in [7, 11) is -4.05. The summed E-state index contributed by atoms with van der Waals surface area (Å²) in [5, 5.41) is 2.18. The maximum absolute atomic E-state index is 11.5. The summed E-state index contributed by atoms with van der Waals surface area (Å²) < 4.78 is 34.7. The van der Waals surface area contributed by atoms with E-state index in [4.69, 9.17) is 34.8 Å². The molecule has 0 radical (unpaired) electrons. The highest BCUT2D eigenvalue weighted by Gasteiger charge is 2.44. The van der Waals surface area contributed by atoms with Crippen LogP contribution in [-0.2, 0) is 20.9 Å². The first-order valence-corrected chi connectivity index (χ1v) is 18.4. The molecule has 1 N–H and O–H groups in total. The lowest BCUT2D eigenvalue weighted by atomic mass is 9.81. The van der Waals surface area contributed by atoms with Crippen LogP contribution >= 0.6 is 34.8 Å². The highest BCUT2D eigenvalue weighted by atomic mass is 35.5. The molecule has 240 valence electrons. The number of nitrogens with zero attached hydrogens (tertiary/aromatic N) is 2. The molecule has 45 heavy (non-hydrogen) atoms. The monoisotopic (exact) mass is 687 g/mol. The van der Waals surface area contributed by atoms with E-state index in [9.17, 15) is 13.0 Å². The van der Waals surface area contributed by atoms with Gasteiger partial charge in [0, 0.05) is 62.5 Å². The SMILES string of the molecule is CCC[N+]1=C(/C=C/C2=C(Cl)C(=C/C=C3/N(CCCS(=O)(=O)O)c4ccc(Cl)cc4C3(C)C)/CCC2)C(C)(C)c2cc(Cl)ccc21. The smallest absolute Gasteiger partial charge is 0.264 e. The standard InChI is InChI=1S/C36H41Cl3N2O3S/c1-6-19-40-30-15-13-26(37)22-28(30)35(2,3)32(40)17-11-24-9-7-10-25(34(24)39)12-18-33-36(4,5)29-23-27(38)14-16-31(29)41(33)20-8-21-45(42,43)44/h11-18,22-23H,6-10,19-21H2,1-5H3/p+1. The Bertz CT molecular complexity index is 1780. The van der Waals surface area contributed by atoms with Crippen LogP contribution in [0.25, 0.3) is 0 Å². The molecule has 0 amide bonds. The normalized spacial score (nSPS) is 21.0. The van der Waals surface area contributed by atoms with E-state index >= 15 is 0 Å². The average Bonchev–Trinajstić information content (AvgIpc) is 3.29. The molecule has 0 fully saturated rings. The average molecular weight is 689 g/mol. The van der Waals surface area contributed by atoms with Gasteiger partial charge in [-0.25, -0.2) is 0 Å². The van der Waals surface area contributed by atoms with Crippen molar-refractivity contribution in [2.45, 2.75) is 77.6 Å². The number of anilines is 1.